The van der Waals surface area contributed by atoms with Crippen LogP contribution in [-0.4, -0.2) is 31.9 Å². The zero-order chi connectivity index (χ0) is 18.5. The van der Waals surface area contributed by atoms with Crippen molar-refractivity contribution >= 4 is 34.0 Å². The molecule has 0 aliphatic heterocycles. The Morgan fingerprint density at radius 3 is 2.65 bits per heavy atom. The van der Waals surface area contributed by atoms with Gasteiger partial charge in [-0.3, -0.25) is 4.79 Å². The Morgan fingerprint density at radius 1 is 1.15 bits per heavy atom. The molecular weight excluding hydrogens is 377 g/mol. The molecule has 0 spiro atoms. The summed E-state index contributed by atoms with van der Waals surface area (Å²) in [6, 6.07) is 10.00. The molecule has 26 heavy (non-hydrogen) atoms. The third kappa shape index (κ3) is 4.70. The minimum absolute atomic E-state index is 0.0882. The van der Waals surface area contributed by atoms with Crippen molar-refractivity contribution in [3.8, 4) is 11.5 Å². The molecule has 0 unspecified atom stereocenters. The number of hydrogen-bond acceptors (Lipinski definition) is 8. The Labute approximate surface area is 156 Å². The maximum Gasteiger partial charge on any atom is 0.206 e. The fourth-order valence-electron chi connectivity index (χ4n) is 2.08. The third-order valence-electron chi connectivity index (χ3n) is 3.37. The summed E-state index contributed by atoms with van der Waals surface area (Å²) in [5.74, 6) is -0.830. The number of hydrogen-bond donors (Lipinski definition) is 3. The largest absolute Gasteiger partial charge is 0.508 e. The fraction of sp³-hybridized carbons (Fsp3) is 0.118. The minimum Gasteiger partial charge on any atom is -0.508 e. The summed E-state index contributed by atoms with van der Waals surface area (Å²) in [5.41, 5.74) is 1.06. The van der Waals surface area contributed by atoms with Gasteiger partial charge in [-0.1, -0.05) is 35.2 Å². The van der Waals surface area contributed by atoms with Crippen molar-refractivity contribution in [3.05, 3.63) is 59.4 Å². The Bertz CT molecular complexity index is 916. The molecule has 0 amide bonds. The molecule has 6 nitrogen and oxygen atoms in total. The molecule has 0 bridgehead atoms. The predicted octanol–water partition coefficient (Wildman–Crippen LogP) is 3.68. The van der Waals surface area contributed by atoms with E-state index in [0.717, 1.165) is 11.6 Å². The lowest BCUT2D eigenvalue weighted by Gasteiger charge is -2.03. The number of thioether (sulfide) groups is 1. The molecule has 3 rings (SSSR count). The number of anilines is 1. The van der Waals surface area contributed by atoms with Crippen LogP contribution in [0.4, 0.5) is 9.52 Å². The number of carbonyl (C=O) groups excluding carboxylic acids is 1. The van der Waals surface area contributed by atoms with Gasteiger partial charge in [-0.2, -0.15) is 0 Å². The van der Waals surface area contributed by atoms with Gasteiger partial charge in [0.2, 0.25) is 5.13 Å². The van der Waals surface area contributed by atoms with Crippen LogP contribution < -0.4 is 5.32 Å². The van der Waals surface area contributed by atoms with E-state index in [4.69, 9.17) is 0 Å². The van der Waals surface area contributed by atoms with Gasteiger partial charge in [0.1, 0.15) is 17.3 Å². The zero-order valence-electron chi connectivity index (χ0n) is 13.3. The van der Waals surface area contributed by atoms with Crippen molar-refractivity contribution < 1.29 is 19.4 Å². The van der Waals surface area contributed by atoms with E-state index in [9.17, 15) is 19.4 Å². The average molecular weight is 391 g/mol. The molecule has 0 saturated heterocycles. The van der Waals surface area contributed by atoms with Crippen molar-refractivity contribution in [2.75, 3.05) is 11.1 Å². The summed E-state index contributed by atoms with van der Waals surface area (Å²) in [6.07, 6.45) is 0. The number of nitrogens with zero attached hydrogens (tertiary/aromatic N) is 2. The van der Waals surface area contributed by atoms with Crippen LogP contribution in [0.2, 0.25) is 0 Å². The number of ketones is 1. The van der Waals surface area contributed by atoms with Crippen LogP contribution in [0.15, 0.2) is 46.8 Å². The highest BCUT2D eigenvalue weighted by Crippen LogP contribution is 2.28. The monoisotopic (exact) mass is 391 g/mol. The summed E-state index contributed by atoms with van der Waals surface area (Å²) in [5, 5.41) is 30.6. The molecule has 0 saturated carbocycles. The van der Waals surface area contributed by atoms with Crippen LogP contribution in [0, 0.1) is 5.82 Å². The van der Waals surface area contributed by atoms with E-state index in [-0.39, 0.29) is 34.4 Å². The zero-order valence-corrected chi connectivity index (χ0v) is 15.0. The highest BCUT2D eigenvalue weighted by atomic mass is 32.2. The van der Waals surface area contributed by atoms with Crippen LogP contribution in [-0.2, 0) is 6.54 Å². The van der Waals surface area contributed by atoms with Gasteiger partial charge < -0.3 is 15.5 Å². The fourth-order valence-corrected chi connectivity index (χ4v) is 3.71. The molecule has 1 aromatic heterocycles. The van der Waals surface area contributed by atoms with Crippen LogP contribution >= 0.6 is 23.1 Å². The number of benzene rings is 2. The maximum atomic E-state index is 12.9. The van der Waals surface area contributed by atoms with E-state index in [1.54, 1.807) is 12.1 Å². The van der Waals surface area contributed by atoms with Gasteiger partial charge in [0.25, 0.3) is 0 Å². The molecule has 2 aromatic carbocycles. The number of aromatic hydroxyl groups is 2. The van der Waals surface area contributed by atoms with Crippen molar-refractivity contribution in [2.45, 2.75) is 10.9 Å². The molecule has 0 atom stereocenters. The SMILES string of the molecule is O=C(CSc1nnc(NCc2ccc(F)cc2)s1)c1ccc(O)cc1O. The highest BCUT2D eigenvalue weighted by Gasteiger charge is 2.14. The molecule has 3 aromatic rings. The van der Waals surface area contributed by atoms with Crippen molar-refractivity contribution in [2.24, 2.45) is 0 Å². The Kier molecular flexibility index (Phi) is 5.69. The average Bonchev–Trinajstić information content (AvgIpc) is 3.07. The molecule has 134 valence electrons. The number of aromatic nitrogens is 2. The first-order valence-corrected chi connectivity index (χ1v) is 9.31. The van der Waals surface area contributed by atoms with Crippen LogP contribution in [0.1, 0.15) is 15.9 Å². The lowest BCUT2D eigenvalue weighted by atomic mass is 10.1. The molecule has 9 heteroatoms. The lowest BCUT2D eigenvalue weighted by molar-refractivity contribution is 0.102. The summed E-state index contributed by atoms with van der Waals surface area (Å²) in [6.45, 7) is 0.486. The number of phenolic OH excluding ortho intramolecular Hbond substituents is 2. The second kappa shape index (κ2) is 8.15. The van der Waals surface area contributed by atoms with E-state index < -0.39 is 0 Å². The van der Waals surface area contributed by atoms with Gasteiger partial charge in [-0.05, 0) is 29.8 Å². The first kappa shape index (κ1) is 18.2. The Morgan fingerprint density at radius 2 is 1.92 bits per heavy atom. The number of halogens is 1. The normalized spacial score (nSPS) is 10.7. The van der Waals surface area contributed by atoms with Gasteiger partial charge in [-0.15, -0.1) is 10.2 Å². The number of rotatable bonds is 7. The van der Waals surface area contributed by atoms with Crippen molar-refractivity contribution in [1.82, 2.24) is 10.2 Å². The summed E-state index contributed by atoms with van der Waals surface area (Å²) < 4.78 is 13.5. The minimum atomic E-state index is -0.285. The lowest BCUT2D eigenvalue weighted by Crippen LogP contribution is -2.02. The van der Waals surface area contributed by atoms with E-state index in [1.807, 2.05) is 0 Å². The molecule has 0 radical (unpaired) electrons. The van der Waals surface area contributed by atoms with Gasteiger partial charge in [0, 0.05) is 12.6 Å². The van der Waals surface area contributed by atoms with Crippen LogP contribution in [0.3, 0.4) is 0 Å². The summed E-state index contributed by atoms with van der Waals surface area (Å²) in [7, 11) is 0. The van der Waals surface area contributed by atoms with Crippen molar-refractivity contribution in [1.29, 1.82) is 0 Å². The molecule has 1 heterocycles. The topological polar surface area (TPSA) is 95.3 Å². The third-order valence-corrected chi connectivity index (χ3v) is 5.39. The standard InChI is InChI=1S/C17H14FN3O3S2/c18-11-3-1-10(2-4-11)8-19-16-20-21-17(26-16)25-9-15(24)13-6-5-12(22)7-14(13)23/h1-7,22-23H,8-9H2,(H,19,20). The van der Waals surface area contributed by atoms with Crippen LogP contribution in [0.25, 0.3) is 0 Å². The highest BCUT2D eigenvalue weighted by molar-refractivity contribution is 8.01. The van der Waals surface area contributed by atoms with Crippen LogP contribution in [0.5, 0.6) is 11.5 Å². The Balaban J connectivity index is 1.53. The number of carbonyl (C=O) groups is 1. The van der Waals surface area contributed by atoms with E-state index >= 15 is 0 Å². The van der Waals surface area contributed by atoms with E-state index in [1.165, 1.54) is 47.4 Å². The van der Waals surface area contributed by atoms with Gasteiger partial charge in [0.15, 0.2) is 10.1 Å². The van der Waals surface area contributed by atoms with Gasteiger partial charge >= 0.3 is 0 Å². The van der Waals surface area contributed by atoms with E-state index in [2.05, 4.69) is 15.5 Å². The number of Topliss-reactive ketones (excluding diaryl/α,β-unsaturated/α-hetero) is 1. The number of nitrogens with one attached hydrogen (secondary N) is 1. The Hall–Kier alpha value is -2.65. The first-order chi connectivity index (χ1) is 12.5. The quantitative estimate of drug-likeness (QED) is 0.418. The van der Waals surface area contributed by atoms with E-state index in [0.29, 0.717) is 16.0 Å². The predicted molar refractivity (Wildman–Crippen MR) is 98.5 cm³/mol. The molecule has 0 fully saturated rings. The van der Waals surface area contributed by atoms with Gasteiger partial charge in [-0.25, -0.2) is 4.39 Å². The first-order valence-electron chi connectivity index (χ1n) is 7.51. The molecule has 0 aliphatic carbocycles. The summed E-state index contributed by atoms with van der Waals surface area (Å²) in [4.78, 5) is 12.1. The smallest absolute Gasteiger partial charge is 0.206 e. The molecule has 0 aliphatic rings. The molecular formula is C17H14FN3O3S2. The second-order valence-electron chi connectivity index (χ2n) is 5.27. The molecule has 3 N–H and O–H groups in total. The maximum absolute atomic E-state index is 12.9. The second-order valence-corrected chi connectivity index (χ2v) is 7.47. The van der Waals surface area contributed by atoms with Crippen molar-refractivity contribution in [3.63, 3.8) is 0 Å². The summed E-state index contributed by atoms with van der Waals surface area (Å²) >= 11 is 2.51. The number of phenols is 2. The van der Waals surface area contributed by atoms with Gasteiger partial charge in [0.05, 0.1) is 11.3 Å².